The summed E-state index contributed by atoms with van der Waals surface area (Å²) < 4.78 is 26.3. The van der Waals surface area contributed by atoms with Crippen molar-refractivity contribution in [2.24, 2.45) is 0 Å². The van der Waals surface area contributed by atoms with Crippen LogP contribution in [-0.4, -0.2) is 24.2 Å². The van der Waals surface area contributed by atoms with Gasteiger partial charge in [-0.25, -0.2) is 8.78 Å². The van der Waals surface area contributed by atoms with Gasteiger partial charge in [0.2, 0.25) is 0 Å². The van der Waals surface area contributed by atoms with Crippen LogP contribution in [0.2, 0.25) is 0 Å². The highest BCUT2D eigenvalue weighted by molar-refractivity contribution is 5.82. The molecular formula is C11H11F2NO2. The van der Waals surface area contributed by atoms with E-state index in [1.165, 1.54) is 6.07 Å². The maximum atomic E-state index is 13.6. The first-order chi connectivity index (χ1) is 7.56. The summed E-state index contributed by atoms with van der Waals surface area (Å²) in [6.07, 6.45) is 0.310. The zero-order valence-electron chi connectivity index (χ0n) is 8.46. The Morgan fingerprint density at radius 1 is 1.44 bits per heavy atom. The first-order valence-electron chi connectivity index (χ1n) is 4.96. The highest BCUT2D eigenvalue weighted by Gasteiger charge is 2.44. The van der Waals surface area contributed by atoms with Crippen molar-refractivity contribution in [2.75, 3.05) is 13.1 Å². The van der Waals surface area contributed by atoms with E-state index in [0.29, 0.717) is 13.0 Å². The van der Waals surface area contributed by atoms with Crippen molar-refractivity contribution in [3.63, 3.8) is 0 Å². The Bertz CT molecular complexity index is 428. The monoisotopic (exact) mass is 227 g/mol. The van der Waals surface area contributed by atoms with Gasteiger partial charge in [-0.1, -0.05) is 6.07 Å². The van der Waals surface area contributed by atoms with Gasteiger partial charge in [0.15, 0.2) is 0 Å². The summed E-state index contributed by atoms with van der Waals surface area (Å²) in [7, 11) is 0. The number of hydrogen-bond acceptors (Lipinski definition) is 2. The summed E-state index contributed by atoms with van der Waals surface area (Å²) in [5, 5.41) is 12.1. The highest BCUT2D eigenvalue weighted by Crippen LogP contribution is 2.33. The van der Waals surface area contributed by atoms with Crippen LogP contribution in [0.4, 0.5) is 8.78 Å². The van der Waals surface area contributed by atoms with Gasteiger partial charge in [-0.15, -0.1) is 0 Å². The lowest BCUT2D eigenvalue weighted by Gasteiger charge is -2.23. The molecule has 86 valence electrons. The van der Waals surface area contributed by atoms with Gasteiger partial charge in [-0.3, -0.25) is 4.79 Å². The lowest BCUT2D eigenvalue weighted by Crippen LogP contribution is -2.38. The van der Waals surface area contributed by atoms with E-state index >= 15 is 0 Å². The second-order valence-electron chi connectivity index (χ2n) is 3.94. The molecule has 5 heteroatoms. The number of halogens is 2. The van der Waals surface area contributed by atoms with E-state index in [4.69, 9.17) is 0 Å². The fourth-order valence-corrected chi connectivity index (χ4v) is 2.10. The second-order valence-corrected chi connectivity index (χ2v) is 3.94. The maximum Gasteiger partial charge on any atom is 0.315 e. The van der Waals surface area contributed by atoms with Gasteiger partial charge < -0.3 is 10.4 Å². The first kappa shape index (κ1) is 11.0. The zero-order valence-corrected chi connectivity index (χ0v) is 8.46. The molecule has 1 atom stereocenters. The summed E-state index contributed by atoms with van der Waals surface area (Å²) >= 11 is 0. The molecule has 1 saturated heterocycles. The summed E-state index contributed by atoms with van der Waals surface area (Å²) in [4.78, 5) is 11.3. The zero-order chi connectivity index (χ0) is 11.8. The van der Waals surface area contributed by atoms with Gasteiger partial charge in [0.1, 0.15) is 17.0 Å². The number of nitrogens with one attached hydrogen (secondary N) is 1. The van der Waals surface area contributed by atoms with Crippen LogP contribution in [0.15, 0.2) is 18.2 Å². The van der Waals surface area contributed by atoms with Gasteiger partial charge in [-0.05, 0) is 19.0 Å². The van der Waals surface area contributed by atoms with Crippen LogP contribution in [0.3, 0.4) is 0 Å². The molecule has 1 aromatic carbocycles. The minimum atomic E-state index is -1.27. The molecule has 0 radical (unpaired) electrons. The highest BCUT2D eigenvalue weighted by atomic mass is 19.1. The fourth-order valence-electron chi connectivity index (χ4n) is 2.10. The average Bonchev–Trinajstić information content (AvgIpc) is 2.67. The summed E-state index contributed by atoms with van der Waals surface area (Å²) in [5.41, 5.74) is -1.22. The molecule has 2 rings (SSSR count). The van der Waals surface area contributed by atoms with Crippen molar-refractivity contribution >= 4 is 5.97 Å². The molecule has 1 aliphatic heterocycles. The van der Waals surface area contributed by atoms with E-state index in [2.05, 4.69) is 5.32 Å². The van der Waals surface area contributed by atoms with Gasteiger partial charge in [0, 0.05) is 18.2 Å². The molecule has 0 bridgehead atoms. The van der Waals surface area contributed by atoms with E-state index in [1.54, 1.807) is 0 Å². The predicted molar refractivity (Wildman–Crippen MR) is 53.2 cm³/mol. The summed E-state index contributed by atoms with van der Waals surface area (Å²) in [5.74, 6) is -2.58. The quantitative estimate of drug-likeness (QED) is 0.800. The Morgan fingerprint density at radius 3 is 2.69 bits per heavy atom. The number of carbonyl (C=O) groups is 1. The molecule has 1 unspecified atom stereocenters. The molecule has 0 amide bonds. The molecule has 1 aromatic rings. The Morgan fingerprint density at radius 2 is 2.19 bits per heavy atom. The van der Waals surface area contributed by atoms with Crippen molar-refractivity contribution < 1.29 is 18.7 Å². The van der Waals surface area contributed by atoms with E-state index in [0.717, 1.165) is 12.1 Å². The van der Waals surface area contributed by atoms with Crippen LogP contribution < -0.4 is 5.32 Å². The normalized spacial score (nSPS) is 24.6. The number of benzene rings is 1. The number of hydrogen-bond donors (Lipinski definition) is 2. The number of rotatable bonds is 2. The van der Waals surface area contributed by atoms with Gasteiger partial charge >= 0.3 is 5.97 Å². The third-order valence-electron chi connectivity index (χ3n) is 3.01. The Kier molecular flexibility index (Phi) is 2.63. The minimum Gasteiger partial charge on any atom is -0.481 e. The van der Waals surface area contributed by atoms with E-state index in [9.17, 15) is 18.7 Å². The van der Waals surface area contributed by atoms with Crippen LogP contribution >= 0.6 is 0 Å². The molecule has 16 heavy (non-hydrogen) atoms. The lowest BCUT2D eigenvalue weighted by atomic mass is 9.79. The molecule has 1 aliphatic rings. The summed E-state index contributed by atoms with van der Waals surface area (Å²) in [6, 6.07) is 3.02. The number of carboxylic acids is 1. The van der Waals surface area contributed by atoms with Crippen LogP contribution in [-0.2, 0) is 10.2 Å². The average molecular weight is 227 g/mol. The van der Waals surface area contributed by atoms with Crippen molar-refractivity contribution in [1.29, 1.82) is 0 Å². The maximum absolute atomic E-state index is 13.6. The standard InChI is InChI=1S/C11H11F2NO2/c12-7-1-2-8(9(13)5-7)11(10(15)16)3-4-14-6-11/h1-2,5,14H,3-4,6H2,(H,15,16). The third kappa shape index (κ3) is 1.57. The van der Waals surface area contributed by atoms with E-state index in [1.807, 2.05) is 0 Å². The van der Waals surface area contributed by atoms with E-state index in [-0.39, 0.29) is 12.1 Å². The van der Waals surface area contributed by atoms with Crippen molar-refractivity contribution in [3.8, 4) is 0 Å². The Labute approximate surface area is 91.1 Å². The molecule has 0 spiro atoms. The van der Waals surface area contributed by atoms with Crippen molar-refractivity contribution in [1.82, 2.24) is 5.32 Å². The molecule has 0 aliphatic carbocycles. The Balaban J connectivity index is 2.51. The molecule has 0 saturated carbocycles. The minimum absolute atomic E-state index is 0.0476. The SMILES string of the molecule is O=C(O)C1(c2ccc(F)cc2F)CCNC1. The molecule has 3 nitrogen and oxygen atoms in total. The van der Waals surface area contributed by atoms with Crippen LogP contribution in [0.25, 0.3) is 0 Å². The second kappa shape index (κ2) is 3.83. The number of aliphatic carboxylic acids is 1. The number of carboxylic acid groups (broad SMARTS) is 1. The molecule has 2 N–H and O–H groups in total. The molecule has 0 aromatic heterocycles. The van der Waals surface area contributed by atoms with Crippen molar-refractivity contribution in [3.05, 3.63) is 35.4 Å². The predicted octanol–water partition coefficient (Wildman–Crippen LogP) is 1.28. The molecular weight excluding hydrogens is 216 g/mol. The summed E-state index contributed by atoms with van der Waals surface area (Å²) in [6.45, 7) is 0.688. The third-order valence-corrected chi connectivity index (χ3v) is 3.01. The largest absolute Gasteiger partial charge is 0.481 e. The van der Waals surface area contributed by atoms with E-state index < -0.39 is 23.0 Å². The van der Waals surface area contributed by atoms with Crippen LogP contribution in [0.5, 0.6) is 0 Å². The first-order valence-corrected chi connectivity index (χ1v) is 4.96. The topological polar surface area (TPSA) is 49.3 Å². The van der Waals surface area contributed by atoms with Crippen LogP contribution in [0.1, 0.15) is 12.0 Å². The van der Waals surface area contributed by atoms with Gasteiger partial charge in [-0.2, -0.15) is 0 Å². The van der Waals surface area contributed by atoms with Gasteiger partial charge in [0.05, 0.1) is 0 Å². The smallest absolute Gasteiger partial charge is 0.315 e. The molecule has 1 fully saturated rings. The molecule has 1 heterocycles. The van der Waals surface area contributed by atoms with Crippen molar-refractivity contribution in [2.45, 2.75) is 11.8 Å². The Hall–Kier alpha value is -1.49. The lowest BCUT2D eigenvalue weighted by molar-refractivity contribution is -0.143. The fraction of sp³-hybridized carbons (Fsp3) is 0.364. The van der Waals surface area contributed by atoms with Gasteiger partial charge in [0.25, 0.3) is 0 Å². The van der Waals surface area contributed by atoms with Crippen LogP contribution in [0, 0.1) is 11.6 Å².